The van der Waals surface area contributed by atoms with E-state index in [9.17, 15) is 12.8 Å². The second-order valence-corrected chi connectivity index (χ2v) is 6.81. The number of halogens is 2. The van der Waals surface area contributed by atoms with E-state index in [1.807, 2.05) is 22.6 Å². The zero-order valence-corrected chi connectivity index (χ0v) is 13.0. The number of hydrogen-bond donors (Lipinski definition) is 1. The van der Waals surface area contributed by atoms with Gasteiger partial charge in [-0.05, 0) is 59.3 Å². The predicted molar refractivity (Wildman–Crippen MR) is 81.1 cm³/mol. The summed E-state index contributed by atoms with van der Waals surface area (Å²) in [6, 6.07) is 10.6. The largest absolute Gasteiger partial charge is 0.279 e. The molecule has 100 valence electrons. The summed E-state index contributed by atoms with van der Waals surface area (Å²) in [7, 11) is -3.66. The number of benzene rings is 2. The molecule has 0 fully saturated rings. The molecular weight excluding hydrogens is 380 g/mol. The van der Waals surface area contributed by atoms with Gasteiger partial charge in [-0.3, -0.25) is 4.72 Å². The Morgan fingerprint density at radius 3 is 2.47 bits per heavy atom. The fourth-order valence-corrected chi connectivity index (χ4v) is 3.75. The highest BCUT2D eigenvalue weighted by Gasteiger charge is 2.17. The van der Waals surface area contributed by atoms with E-state index < -0.39 is 15.8 Å². The number of anilines is 1. The molecule has 2 rings (SSSR count). The number of rotatable bonds is 3. The second-order valence-electron chi connectivity index (χ2n) is 4.00. The van der Waals surface area contributed by atoms with E-state index in [4.69, 9.17) is 0 Å². The average molecular weight is 391 g/mol. The first-order valence-electron chi connectivity index (χ1n) is 5.43. The third kappa shape index (κ3) is 3.24. The van der Waals surface area contributed by atoms with Crippen molar-refractivity contribution >= 4 is 38.3 Å². The predicted octanol–water partition coefficient (Wildman–Crippen LogP) is 3.54. The number of nitrogens with one attached hydrogen (secondary N) is 1. The van der Waals surface area contributed by atoms with E-state index >= 15 is 0 Å². The molecule has 0 saturated carbocycles. The molecule has 0 saturated heterocycles. The lowest BCUT2D eigenvalue weighted by molar-refractivity contribution is 0.600. The van der Waals surface area contributed by atoms with Crippen molar-refractivity contribution in [1.82, 2.24) is 0 Å². The van der Waals surface area contributed by atoms with E-state index in [1.54, 1.807) is 25.1 Å². The minimum absolute atomic E-state index is 0.218. The van der Waals surface area contributed by atoms with E-state index in [2.05, 4.69) is 4.72 Å². The summed E-state index contributed by atoms with van der Waals surface area (Å²) in [5.41, 5.74) is 1.03. The molecule has 2 aromatic rings. The Bertz CT molecular complexity index is 716. The Morgan fingerprint density at radius 2 is 1.84 bits per heavy atom. The highest BCUT2D eigenvalue weighted by Crippen LogP contribution is 2.23. The summed E-state index contributed by atoms with van der Waals surface area (Å²) in [6.45, 7) is 1.73. The molecule has 0 bridgehead atoms. The van der Waals surface area contributed by atoms with E-state index in [0.717, 1.165) is 0 Å². The number of hydrogen-bond acceptors (Lipinski definition) is 2. The quantitative estimate of drug-likeness (QED) is 0.814. The van der Waals surface area contributed by atoms with Crippen LogP contribution in [0.1, 0.15) is 5.56 Å². The van der Waals surface area contributed by atoms with Gasteiger partial charge in [-0.15, -0.1) is 0 Å². The normalized spacial score (nSPS) is 11.3. The van der Waals surface area contributed by atoms with Gasteiger partial charge in [0.05, 0.1) is 10.6 Å². The fraction of sp³-hybridized carbons (Fsp3) is 0.0769. The van der Waals surface area contributed by atoms with Crippen LogP contribution in [-0.2, 0) is 10.0 Å². The Balaban J connectivity index is 2.40. The van der Waals surface area contributed by atoms with Crippen molar-refractivity contribution in [2.45, 2.75) is 11.8 Å². The molecule has 6 heteroatoms. The molecule has 0 unspecified atom stereocenters. The number of aryl methyl sites for hydroxylation is 1. The third-order valence-electron chi connectivity index (χ3n) is 2.56. The first-order chi connectivity index (χ1) is 8.90. The molecule has 1 N–H and O–H groups in total. The lowest BCUT2D eigenvalue weighted by Gasteiger charge is -2.11. The monoisotopic (exact) mass is 391 g/mol. The van der Waals surface area contributed by atoms with E-state index in [-0.39, 0.29) is 4.90 Å². The Labute approximate surface area is 125 Å². The van der Waals surface area contributed by atoms with Crippen molar-refractivity contribution < 1.29 is 12.8 Å². The van der Waals surface area contributed by atoms with E-state index in [0.29, 0.717) is 14.8 Å². The first-order valence-corrected chi connectivity index (χ1v) is 8.00. The summed E-state index contributed by atoms with van der Waals surface area (Å²) in [5.74, 6) is -0.400. The summed E-state index contributed by atoms with van der Waals surface area (Å²) >= 11 is 1.89. The van der Waals surface area contributed by atoms with Crippen LogP contribution in [0.5, 0.6) is 0 Å². The molecule has 0 atom stereocenters. The zero-order valence-electron chi connectivity index (χ0n) is 10.0. The van der Waals surface area contributed by atoms with Gasteiger partial charge in [0.1, 0.15) is 5.82 Å². The van der Waals surface area contributed by atoms with Crippen molar-refractivity contribution in [2.24, 2.45) is 0 Å². The van der Waals surface area contributed by atoms with Crippen LogP contribution in [0.2, 0.25) is 0 Å². The van der Waals surface area contributed by atoms with Crippen molar-refractivity contribution in [2.75, 3.05) is 4.72 Å². The molecule has 0 aromatic heterocycles. The van der Waals surface area contributed by atoms with Crippen LogP contribution in [0.25, 0.3) is 0 Å². The molecule has 0 aliphatic rings. The van der Waals surface area contributed by atoms with Gasteiger partial charge in [-0.1, -0.05) is 18.2 Å². The molecule has 3 nitrogen and oxygen atoms in total. The minimum atomic E-state index is -3.66. The van der Waals surface area contributed by atoms with Crippen LogP contribution in [-0.4, -0.2) is 8.42 Å². The smallest absolute Gasteiger partial charge is 0.262 e. The van der Waals surface area contributed by atoms with Crippen molar-refractivity contribution in [3.8, 4) is 0 Å². The molecule has 0 spiro atoms. The summed E-state index contributed by atoms with van der Waals surface area (Å²) < 4.78 is 40.5. The molecule has 0 aliphatic heterocycles. The van der Waals surface area contributed by atoms with Crippen LogP contribution < -0.4 is 4.72 Å². The van der Waals surface area contributed by atoms with Crippen LogP contribution >= 0.6 is 22.6 Å². The molecule has 0 aliphatic carbocycles. The average Bonchev–Trinajstić information content (AvgIpc) is 2.33. The summed E-state index contributed by atoms with van der Waals surface area (Å²) in [6.07, 6.45) is 0. The second kappa shape index (κ2) is 5.46. The SMILES string of the molecule is Cc1ccccc1S(=O)(=O)Nc1ccc(F)cc1I. The van der Waals surface area contributed by atoms with Crippen molar-refractivity contribution in [1.29, 1.82) is 0 Å². The standard InChI is InChI=1S/C13H11FINO2S/c1-9-4-2-3-5-13(9)19(17,18)16-12-7-6-10(14)8-11(12)15/h2-8,16H,1H3. The van der Waals surface area contributed by atoms with Gasteiger partial charge in [0, 0.05) is 3.57 Å². The lowest BCUT2D eigenvalue weighted by Crippen LogP contribution is -2.15. The van der Waals surface area contributed by atoms with E-state index in [1.165, 1.54) is 24.3 Å². The fourth-order valence-electron chi connectivity index (χ4n) is 1.63. The van der Waals surface area contributed by atoms with Gasteiger partial charge in [-0.25, -0.2) is 12.8 Å². The molecule has 0 amide bonds. The zero-order chi connectivity index (χ0) is 14.0. The Morgan fingerprint density at radius 1 is 1.16 bits per heavy atom. The van der Waals surface area contributed by atoms with Gasteiger partial charge in [0.25, 0.3) is 10.0 Å². The molecule has 19 heavy (non-hydrogen) atoms. The molecular formula is C13H11FINO2S. The van der Waals surface area contributed by atoms with Crippen LogP contribution in [0.3, 0.4) is 0 Å². The maximum atomic E-state index is 13.0. The molecule has 0 radical (unpaired) electrons. The lowest BCUT2D eigenvalue weighted by atomic mass is 10.2. The van der Waals surface area contributed by atoms with Crippen LogP contribution in [0.4, 0.5) is 10.1 Å². The summed E-state index contributed by atoms with van der Waals surface area (Å²) in [5, 5.41) is 0. The van der Waals surface area contributed by atoms with Crippen LogP contribution in [0.15, 0.2) is 47.4 Å². The minimum Gasteiger partial charge on any atom is -0.279 e. The molecule has 0 heterocycles. The highest BCUT2D eigenvalue weighted by molar-refractivity contribution is 14.1. The summed E-state index contributed by atoms with van der Waals surface area (Å²) in [4.78, 5) is 0.218. The Kier molecular flexibility index (Phi) is 4.10. The molecule has 2 aromatic carbocycles. The van der Waals surface area contributed by atoms with Gasteiger partial charge >= 0.3 is 0 Å². The van der Waals surface area contributed by atoms with Crippen molar-refractivity contribution in [3.63, 3.8) is 0 Å². The van der Waals surface area contributed by atoms with Gasteiger partial charge in [0.15, 0.2) is 0 Å². The Hall–Kier alpha value is -1.15. The van der Waals surface area contributed by atoms with Gasteiger partial charge in [0.2, 0.25) is 0 Å². The van der Waals surface area contributed by atoms with Gasteiger partial charge < -0.3 is 0 Å². The maximum Gasteiger partial charge on any atom is 0.262 e. The van der Waals surface area contributed by atoms with Crippen LogP contribution in [0, 0.1) is 16.3 Å². The third-order valence-corrected chi connectivity index (χ3v) is 4.98. The van der Waals surface area contributed by atoms with Crippen molar-refractivity contribution in [3.05, 3.63) is 57.4 Å². The maximum absolute atomic E-state index is 13.0. The highest BCUT2D eigenvalue weighted by atomic mass is 127. The number of sulfonamides is 1. The topological polar surface area (TPSA) is 46.2 Å². The van der Waals surface area contributed by atoms with Gasteiger partial charge in [-0.2, -0.15) is 0 Å². The first kappa shape index (κ1) is 14.3.